The first-order chi connectivity index (χ1) is 8.27. The molecule has 0 aliphatic carbocycles. The molecule has 3 heterocycles. The minimum atomic E-state index is -0.765. The molecule has 3 aliphatic heterocycles. The number of rotatable bonds is 1. The minimum Gasteiger partial charge on any atom is -0.387 e. The van der Waals surface area contributed by atoms with Gasteiger partial charge in [0, 0.05) is 0 Å². The fourth-order valence-electron chi connectivity index (χ4n) is 2.70. The lowest BCUT2D eigenvalue weighted by molar-refractivity contribution is -0.232. The molecule has 6 nitrogen and oxygen atoms in total. The number of aliphatic hydroxyl groups is 1. The summed E-state index contributed by atoms with van der Waals surface area (Å²) in [5, 5.41) is 10.3. The number of fused-ring (bicyclic) bond motifs is 1. The first-order valence-electron chi connectivity index (χ1n) is 6.28. The second-order valence-corrected chi connectivity index (χ2v) is 5.93. The summed E-state index contributed by atoms with van der Waals surface area (Å²) in [4.78, 5) is 0. The van der Waals surface area contributed by atoms with Gasteiger partial charge in [-0.25, -0.2) is 0 Å². The molecule has 0 spiro atoms. The van der Waals surface area contributed by atoms with E-state index in [-0.39, 0.29) is 6.10 Å². The molecule has 18 heavy (non-hydrogen) atoms. The van der Waals surface area contributed by atoms with Crippen LogP contribution in [-0.4, -0.2) is 54.0 Å². The molecular weight excluding hydrogens is 240 g/mol. The average Bonchev–Trinajstić information content (AvgIpc) is 2.81. The van der Waals surface area contributed by atoms with Crippen molar-refractivity contribution in [3.8, 4) is 0 Å². The molecule has 0 aromatic heterocycles. The summed E-state index contributed by atoms with van der Waals surface area (Å²) in [6.07, 6.45) is -2.53. The lowest BCUT2D eigenvalue weighted by Crippen LogP contribution is -2.42. The molecule has 3 aliphatic rings. The summed E-state index contributed by atoms with van der Waals surface area (Å²) in [6.45, 7) is 7.68. The van der Waals surface area contributed by atoms with Crippen molar-refractivity contribution in [2.75, 3.05) is 6.61 Å². The highest BCUT2D eigenvalue weighted by atomic mass is 16.8. The van der Waals surface area contributed by atoms with E-state index in [1.54, 1.807) is 13.8 Å². The molecule has 0 aromatic rings. The lowest BCUT2D eigenvalue weighted by atomic mass is 10.1. The summed E-state index contributed by atoms with van der Waals surface area (Å²) < 4.78 is 28.1. The number of hydrogen-bond acceptors (Lipinski definition) is 6. The smallest absolute Gasteiger partial charge is 0.190 e. The van der Waals surface area contributed by atoms with Gasteiger partial charge in [0.2, 0.25) is 0 Å². The van der Waals surface area contributed by atoms with E-state index in [0.717, 1.165) is 0 Å². The molecule has 104 valence electrons. The maximum atomic E-state index is 10.3. The molecule has 6 heteroatoms. The van der Waals surface area contributed by atoms with Crippen LogP contribution in [0.25, 0.3) is 0 Å². The van der Waals surface area contributed by atoms with E-state index in [2.05, 4.69) is 0 Å². The largest absolute Gasteiger partial charge is 0.387 e. The predicted molar refractivity (Wildman–Crippen MR) is 59.6 cm³/mol. The normalized spacial score (nSPS) is 49.5. The maximum Gasteiger partial charge on any atom is 0.190 e. The van der Waals surface area contributed by atoms with Crippen LogP contribution in [0.5, 0.6) is 0 Å². The van der Waals surface area contributed by atoms with Crippen molar-refractivity contribution in [1.82, 2.24) is 0 Å². The zero-order chi connectivity index (χ0) is 13.1. The molecule has 3 fully saturated rings. The Hall–Kier alpha value is -0.240. The van der Waals surface area contributed by atoms with E-state index in [0.29, 0.717) is 6.61 Å². The monoisotopic (exact) mass is 260 g/mol. The van der Waals surface area contributed by atoms with E-state index in [1.165, 1.54) is 0 Å². The molecule has 3 rings (SSSR count). The SMILES string of the molecule is CC1(C)OC2O[C@H]([C@H]3COC(C)(C)O3)[C@H](O)C2O1. The Morgan fingerprint density at radius 3 is 2.22 bits per heavy atom. The summed E-state index contributed by atoms with van der Waals surface area (Å²) in [5.74, 6) is -1.35. The van der Waals surface area contributed by atoms with Gasteiger partial charge in [-0.2, -0.15) is 0 Å². The third-order valence-corrected chi connectivity index (χ3v) is 3.45. The third-order valence-electron chi connectivity index (χ3n) is 3.45. The van der Waals surface area contributed by atoms with Gasteiger partial charge in [-0.05, 0) is 27.7 Å². The summed E-state index contributed by atoms with van der Waals surface area (Å²) in [5.41, 5.74) is 0. The predicted octanol–water partition coefficient (Wildman–Crippen LogP) is 0.375. The van der Waals surface area contributed by atoms with Crippen LogP contribution in [0.2, 0.25) is 0 Å². The summed E-state index contributed by atoms with van der Waals surface area (Å²) >= 11 is 0. The molecule has 0 radical (unpaired) electrons. The summed E-state index contributed by atoms with van der Waals surface area (Å²) in [7, 11) is 0. The van der Waals surface area contributed by atoms with Crippen LogP contribution in [0.1, 0.15) is 27.7 Å². The Bertz CT molecular complexity index is 341. The average molecular weight is 260 g/mol. The number of ether oxygens (including phenoxy) is 5. The molecule has 5 atom stereocenters. The molecular formula is C12H20O6. The van der Waals surface area contributed by atoms with E-state index < -0.39 is 36.2 Å². The minimum absolute atomic E-state index is 0.295. The van der Waals surface area contributed by atoms with Gasteiger partial charge in [-0.3, -0.25) is 0 Å². The van der Waals surface area contributed by atoms with Crippen molar-refractivity contribution < 1.29 is 28.8 Å². The highest BCUT2D eigenvalue weighted by Crippen LogP contribution is 2.40. The van der Waals surface area contributed by atoms with Crippen LogP contribution in [0.15, 0.2) is 0 Å². The number of hydrogen-bond donors (Lipinski definition) is 1. The Morgan fingerprint density at radius 2 is 1.67 bits per heavy atom. The Kier molecular flexibility index (Phi) is 2.75. The first-order valence-corrected chi connectivity index (χ1v) is 6.28. The zero-order valence-electron chi connectivity index (χ0n) is 11.1. The fourth-order valence-corrected chi connectivity index (χ4v) is 2.70. The van der Waals surface area contributed by atoms with E-state index in [4.69, 9.17) is 23.7 Å². The van der Waals surface area contributed by atoms with Crippen LogP contribution in [0.4, 0.5) is 0 Å². The lowest BCUT2D eigenvalue weighted by Gasteiger charge is -2.26. The highest BCUT2D eigenvalue weighted by molar-refractivity contribution is 4.97. The van der Waals surface area contributed by atoms with Crippen LogP contribution < -0.4 is 0 Å². The second kappa shape index (κ2) is 3.88. The molecule has 0 aromatic carbocycles. The van der Waals surface area contributed by atoms with Gasteiger partial charge in [0.15, 0.2) is 17.9 Å². The van der Waals surface area contributed by atoms with Gasteiger partial charge in [-0.15, -0.1) is 0 Å². The zero-order valence-corrected chi connectivity index (χ0v) is 11.1. The quantitative estimate of drug-likeness (QED) is 0.735. The molecule has 1 N–H and O–H groups in total. The van der Waals surface area contributed by atoms with Crippen molar-refractivity contribution in [2.24, 2.45) is 0 Å². The van der Waals surface area contributed by atoms with Crippen molar-refractivity contribution in [2.45, 2.75) is 70.0 Å². The van der Waals surface area contributed by atoms with Gasteiger partial charge in [0.05, 0.1) is 6.61 Å². The van der Waals surface area contributed by atoms with E-state index in [1.807, 2.05) is 13.8 Å². The fraction of sp³-hybridized carbons (Fsp3) is 1.00. The highest BCUT2D eigenvalue weighted by Gasteiger charge is 2.57. The molecule has 0 saturated carbocycles. The topological polar surface area (TPSA) is 66.4 Å². The molecule has 2 unspecified atom stereocenters. The van der Waals surface area contributed by atoms with Crippen molar-refractivity contribution in [3.05, 3.63) is 0 Å². The van der Waals surface area contributed by atoms with Crippen LogP contribution in [0.3, 0.4) is 0 Å². The van der Waals surface area contributed by atoms with E-state index >= 15 is 0 Å². The van der Waals surface area contributed by atoms with Gasteiger partial charge < -0.3 is 28.8 Å². The van der Waals surface area contributed by atoms with Gasteiger partial charge in [0.25, 0.3) is 0 Å². The summed E-state index contributed by atoms with van der Waals surface area (Å²) in [6, 6.07) is 0. The Balaban J connectivity index is 1.68. The van der Waals surface area contributed by atoms with Crippen molar-refractivity contribution in [3.63, 3.8) is 0 Å². The maximum absolute atomic E-state index is 10.3. The standard InChI is InChI=1S/C12H20O6/c1-11(2)14-5-6(16-11)8-7(13)9-10(15-8)18-12(3,4)17-9/h6-10,13H,5H2,1-4H3/t6-,7+,8-,9?,10?/m1/s1. The molecule has 0 amide bonds. The molecule has 3 saturated heterocycles. The first kappa shape index (κ1) is 12.8. The molecule has 0 bridgehead atoms. The van der Waals surface area contributed by atoms with Crippen LogP contribution in [0, 0.1) is 0 Å². The Morgan fingerprint density at radius 1 is 0.944 bits per heavy atom. The number of aliphatic hydroxyl groups excluding tert-OH is 1. The van der Waals surface area contributed by atoms with Crippen LogP contribution >= 0.6 is 0 Å². The van der Waals surface area contributed by atoms with E-state index in [9.17, 15) is 5.11 Å². The van der Waals surface area contributed by atoms with Crippen LogP contribution in [-0.2, 0) is 23.7 Å². The van der Waals surface area contributed by atoms with Crippen molar-refractivity contribution in [1.29, 1.82) is 0 Å². The van der Waals surface area contributed by atoms with Gasteiger partial charge in [-0.1, -0.05) is 0 Å². The van der Waals surface area contributed by atoms with Gasteiger partial charge >= 0.3 is 0 Å². The van der Waals surface area contributed by atoms with Crippen molar-refractivity contribution >= 4 is 0 Å². The Labute approximate surface area is 106 Å². The van der Waals surface area contributed by atoms with Gasteiger partial charge in [0.1, 0.15) is 24.4 Å². The second-order valence-electron chi connectivity index (χ2n) is 5.93. The third kappa shape index (κ3) is 2.07.